The second-order valence-corrected chi connectivity index (χ2v) is 7.20. The van der Waals surface area contributed by atoms with E-state index >= 15 is 0 Å². The number of nitrogens with zero attached hydrogens (tertiary/aromatic N) is 4. The number of rotatable bonds is 2. The molecule has 25 heavy (non-hydrogen) atoms. The zero-order valence-corrected chi connectivity index (χ0v) is 14.7. The fraction of sp³-hybridized carbons (Fsp3) is 0.722. The summed E-state index contributed by atoms with van der Waals surface area (Å²) in [6.45, 7) is 4.40. The smallest absolute Gasteiger partial charge is 0.317 e. The van der Waals surface area contributed by atoms with E-state index in [1.54, 1.807) is 0 Å². The van der Waals surface area contributed by atoms with Crippen LogP contribution in [0.15, 0.2) is 6.20 Å². The first kappa shape index (κ1) is 16.6. The highest BCUT2D eigenvalue weighted by atomic mass is 16.5. The Kier molecular flexibility index (Phi) is 5.01. The molecule has 1 saturated carbocycles. The summed E-state index contributed by atoms with van der Waals surface area (Å²) in [7, 11) is 0. The van der Waals surface area contributed by atoms with Crippen molar-refractivity contribution < 1.29 is 9.53 Å². The maximum absolute atomic E-state index is 12.6. The Morgan fingerprint density at radius 3 is 2.76 bits per heavy atom. The van der Waals surface area contributed by atoms with Crippen molar-refractivity contribution in [2.75, 3.05) is 37.7 Å². The molecule has 3 heterocycles. The fourth-order valence-corrected chi connectivity index (χ4v) is 3.89. The van der Waals surface area contributed by atoms with Crippen LogP contribution >= 0.6 is 0 Å². The van der Waals surface area contributed by atoms with Crippen LogP contribution in [-0.4, -0.2) is 59.8 Å². The van der Waals surface area contributed by atoms with Gasteiger partial charge in [-0.2, -0.15) is 0 Å². The monoisotopic (exact) mass is 345 g/mol. The number of carbonyl (C=O) groups is 1. The summed E-state index contributed by atoms with van der Waals surface area (Å²) in [5, 5.41) is 3.21. The second-order valence-electron chi connectivity index (χ2n) is 7.20. The van der Waals surface area contributed by atoms with Crippen LogP contribution in [0.3, 0.4) is 0 Å². The number of hydrogen-bond donors (Lipinski definition) is 1. The Morgan fingerprint density at radius 2 is 1.96 bits per heavy atom. The number of fused-ring (bicyclic) bond motifs is 1. The molecule has 1 aromatic rings. The Balaban J connectivity index is 1.41. The molecule has 1 N–H and O–H groups in total. The summed E-state index contributed by atoms with van der Waals surface area (Å²) in [4.78, 5) is 25.9. The summed E-state index contributed by atoms with van der Waals surface area (Å²) in [5.41, 5.74) is 2.15. The average Bonchev–Trinajstić information content (AvgIpc) is 2.68. The first-order valence-corrected chi connectivity index (χ1v) is 9.52. The lowest BCUT2D eigenvalue weighted by atomic mass is 9.96. The van der Waals surface area contributed by atoms with Crippen LogP contribution in [-0.2, 0) is 17.7 Å². The van der Waals surface area contributed by atoms with Gasteiger partial charge < -0.3 is 19.9 Å². The van der Waals surface area contributed by atoms with Crippen LogP contribution in [0.5, 0.6) is 0 Å². The van der Waals surface area contributed by atoms with Crippen LogP contribution in [0.4, 0.5) is 10.7 Å². The Hall–Kier alpha value is -1.89. The van der Waals surface area contributed by atoms with E-state index in [0.717, 1.165) is 63.8 Å². The van der Waals surface area contributed by atoms with Crippen molar-refractivity contribution >= 4 is 12.0 Å². The minimum absolute atomic E-state index is 0.0593. The van der Waals surface area contributed by atoms with E-state index in [-0.39, 0.29) is 6.03 Å². The molecule has 0 atom stereocenters. The van der Waals surface area contributed by atoms with Crippen LogP contribution in [0.1, 0.15) is 43.4 Å². The molecule has 1 aromatic heterocycles. The summed E-state index contributed by atoms with van der Waals surface area (Å²) in [5.74, 6) is 0.761. The number of anilines is 1. The standard InChI is InChI=1S/C18H27N5O2/c24-18(20-15-4-2-1-3-5-15)23-7-6-14-12-19-17(21-16(14)13-23)22-8-10-25-11-9-22/h12,15H,1-11,13H2,(H,20,24). The molecule has 1 saturated heterocycles. The lowest BCUT2D eigenvalue weighted by molar-refractivity contribution is 0.122. The Bertz CT molecular complexity index is 611. The number of nitrogens with one attached hydrogen (secondary N) is 1. The van der Waals surface area contributed by atoms with E-state index in [4.69, 9.17) is 9.72 Å². The van der Waals surface area contributed by atoms with Crippen LogP contribution in [0.25, 0.3) is 0 Å². The van der Waals surface area contributed by atoms with E-state index in [1.807, 2.05) is 11.1 Å². The van der Waals surface area contributed by atoms with E-state index in [0.29, 0.717) is 12.6 Å². The number of amides is 2. The molecule has 0 radical (unpaired) electrons. The maximum Gasteiger partial charge on any atom is 0.317 e. The Morgan fingerprint density at radius 1 is 1.16 bits per heavy atom. The van der Waals surface area contributed by atoms with Crippen molar-refractivity contribution in [2.24, 2.45) is 0 Å². The third-order valence-electron chi connectivity index (χ3n) is 5.45. The highest BCUT2D eigenvalue weighted by Gasteiger charge is 2.25. The number of hydrogen-bond acceptors (Lipinski definition) is 5. The molecule has 2 aliphatic heterocycles. The summed E-state index contributed by atoms with van der Waals surface area (Å²) >= 11 is 0. The zero-order chi connectivity index (χ0) is 17.1. The molecule has 1 aliphatic carbocycles. The molecular formula is C18H27N5O2. The summed E-state index contributed by atoms with van der Waals surface area (Å²) < 4.78 is 5.40. The molecule has 136 valence electrons. The zero-order valence-electron chi connectivity index (χ0n) is 14.7. The van der Waals surface area contributed by atoms with Crippen molar-refractivity contribution in [3.8, 4) is 0 Å². The van der Waals surface area contributed by atoms with E-state index in [9.17, 15) is 4.79 Å². The lowest BCUT2D eigenvalue weighted by Crippen LogP contribution is -2.47. The van der Waals surface area contributed by atoms with Gasteiger partial charge in [0.15, 0.2) is 0 Å². The molecule has 7 heteroatoms. The molecule has 0 bridgehead atoms. The average molecular weight is 345 g/mol. The second kappa shape index (κ2) is 7.56. The number of morpholine rings is 1. The summed E-state index contributed by atoms with van der Waals surface area (Å²) in [6, 6.07) is 0.404. The van der Waals surface area contributed by atoms with Gasteiger partial charge in [0.1, 0.15) is 0 Å². The molecule has 0 unspecified atom stereocenters. The third kappa shape index (κ3) is 3.86. The normalized spacial score (nSPS) is 21.8. The fourth-order valence-electron chi connectivity index (χ4n) is 3.89. The molecule has 7 nitrogen and oxygen atoms in total. The third-order valence-corrected chi connectivity index (χ3v) is 5.45. The topological polar surface area (TPSA) is 70.6 Å². The van der Waals surface area contributed by atoms with Gasteiger partial charge in [0.25, 0.3) is 0 Å². The number of ether oxygens (including phenoxy) is 1. The van der Waals surface area contributed by atoms with Gasteiger partial charge in [0.05, 0.1) is 25.5 Å². The molecule has 4 rings (SSSR count). The van der Waals surface area contributed by atoms with Gasteiger partial charge in [0, 0.05) is 31.9 Å². The van der Waals surface area contributed by atoms with Gasteiger partial charge in [-0.3, -0.25) is 0 Å². The minimum Gasteiger partial charge on any atom is -0.378 e. The predicted molar refractivity (Wildman–Crippen MR) is 94.6 cm³/mol. The summed E-state index contributed by atoms with van der Waals surface area (Å²) in [6.07, 6.45) is 8.73. The minimum atomic E-state index is 0.0593. The number of aromatic nitrogens is 2. The van der Waals surface area contributed by atoms with Crippen LogP contribution < -0.4 is 10.2 Å². The lowest BCUT2D eigenvalue weighted by Gasteiger charge is -2.32. The first-order chi connectivity index (χ1) is 12.3. The SMILES string of the molecule is O=C(NC1CCCCC1)N1CCc2cnc(N3CCOCC3)nc2C1. The van der Waals surface area contributed by atoms with Crippen molar-refractivity contribution in [2.45, 2.75) is 51.1 Å². The van der Waals surface area contributed by atoms with E-state index < -0.39 is 0 Å². The highest BCUT2D eigenvalue weighted by Crippen LogP contribution is 2.21. The van der Waals surface area contributed by atoms with Gasteiger partial charge in [-0.25, -0.2) is 14.8 Å². The van der Waals surface area contributed by atoms with Crippen molar-refractivity contribution in [1.29, 1.82) is 0 Å². The van der Waals surface area contributed by atoms with Gasteiger partial charge in [-0.05, 0) is 24.8 Å². The molecule has 0 spiro atoms. The van der Waals surface area contributed by atoms with Gasteiger partial charge in [-0.1, -0.05) is 19.3 Å². The van der Waals surface area contributed by atoms with E-state index in [2.05, 4.69) is 15.2 Å². The number of urea groups is 1. The van der Waals surface area contributed by atoms with E-state index in [1.165, 1.54) is 24.8 Å². The number of carbonyl (C=O) groups excluding carboxylic acids is 1. The van der Waals surface area contributed by atoms with Gasteiger partial charge >= 0.3 is 6.03 Å². The van der Waals surface area contributed by atoms with Crippen LogP contribution in [0.2, 0.25) is 0 Å². The molecule has 2 amide bonds. The van der Waals surface area contributed by atoms with Gasteiger partial charge in [-0.15, -0.1) is 0 Å². The maximum atomic E-state index is 12.6. The quantitative estimate of drug-likeness (QED) is 0.884. The molecule has 2 fully saturated rings. The largest absolute Gasteiger partial charge is 0.378 e. The van der Waals surface area contributed by atoms with Crippen LogP contribution in [0, 0.1) is 0 Å². The van der Waals surface area contributed by atoms with Crippen molar-refractivity contribution in [1.82, 2.24) is 20.2 Å². The molecule has 0 aromatic carbocycles. The predicted octanol–water partition coefficient (Wildman–Crippen LogP) is 1.71. The van der Waals surface area contributed by atoms with Gasteiger partial charge in [0.2, 0.25) is 5.95 Å². The Labute approximate surface area is 148 Å². The molecular weight excluding hydrogens is 318 g/mol. The highest BCUT2D eigenvalue weighted by molar-refractivity contribution is 5.74. The molecule has 3 aliphatic rings. The van der Waals surface area contributed by atoms with Crippen molar-refractivity contribution in [3.63, 3.8) is 0 Å². The first-order valence-electron chi connectivity index (χ1n) is 9.52. The van der Waals surface area contributed by atoms with Crippen molar-refractivity contribution in [3.05, 3.63) is 17.5 Å².